The van der Waals surface area contributed by atoms with Crippen LogP contribution in [0.4, 0.5) is 0 Å². The average Bonchev–Trinajstić information content (AvgIpc) is 3.32. The number of benzene rings is 1. The molecule has 180 valence electrons. The van der Waals surface area contributed by atoms with Gasteiger partial charge >= 0.3 is 0 Å². The molecule has 5 heteroatoms. The molecule has 2 aliphatic carbocycles. The molecule has 1 saturated carbocycles. The highest BCUT2D eigenvalue weighted by molar-refractivity contribution is 7.99. The molecule has 1 aromatic carbocycles. The van der Waals surface area contributed by atoms with Crippen molar-refractivity contribution in [2.45, 2.75) is 64.1 Å². The Morgan fingerprint density at radius 1 is 1.27 bits per heavy atom. The summed E-state index contributed by atoms with van der Waals surface area (Å²) in [5.41, 5.74) is 3.82. The van der Waals surface area contributed by atoms with E-state index in [-0.39, 0.29) is 12.0 Å². The van der Waals surface area contributed by atoms with E-state index >= 15 is 0 Å². The third-order valence-electron chi connectivity index (χ3n) is 7.53. The molecule has 1 heterocycles. The summed E-state index contributed by atoms with van der Waals surface area (Å²) in [6.45, 7) is 3.94. The van der Waals surface area contributed by atoms with E-state index in [9.17, 15) is 15.0 Å². The molecule has 0 bridgehead atoms. The van der Waals surface area contributed by atoms with Crippen LogP contribution in [0.2, 0.25) is 0 Å². The highest BCUT2D eigenvalue weighted by Crippen LogP contribution is 2.48. The zero-order chi connectivity index (χ0) is 23.2. The Morgan fingerprint density at radius 3 is 2.88 bits per heavy atom. The van der Waals surface area contributed by atoms with Crippen molar-refractivity contribution in [1.29, 1.82) is 0 Å². The second-order valence-electron chi connectivity index (χ2n) is 10.1. The summed E-state index contributed by atoms with van der Waals surface area (Å²) in [6, 6.07) is 8.26. The maximum atomic E-state index is 12.3. The summed E-state index contributed by atoms with van der Waals surface area (Å²) in [5, 5.41) is 21.1. The van der Waals surface area contributed by atoms with E-state index in [2.05, 4.69) is 37.3 Å². The number of hydrogen-bond acceptors (Lipinski definition) is 4. The van der Waals surface area contributed by atoms with E-state index in [4.69, 9.17) is 0 Å². The quantitative estimate of drug-likeness (QED) is 0.412. The van der Waals surface area contributed by atoms with Crippen molar-refractivity contribution in [3.8, 4) is 0 Å². The first-order valence-corrected chi connectivity index (χ1v) is 13.8. The number of thioether (sulfide) groups is 1. The molecule has 2 N–H and O–H groups in total. The monoisotopic (exact) mass is 469 g/mol. The fraction of sp³-hybridized carbons (Fsp3) is 0.607. The van der Waals surface area contributed by atoms with Gasteiger partial charge in [-0.05, 0) is 68.6 Å². The van der Waals surface area contributed by atoms with Crippen molar-refractivity contribution < 1.29 is 15.0 Å². The molecular formula is C28H39NO3S. The predicted molar refractivity (Wildman–Crippen MR) is 136 cm³/mol. The number of rotatable bonds is 9. The van der Waals surface area contributed by atoms with E-state index in [0.29, 0.717) is 29.9 Å². The number of aliphatic hydroxyl groups is 2. The van der Waals surface area contributed by atoms with Crippen LogP contribution in [0.1, 0.15) is 49.7 Å². The van der Waals surface area contributed by atoms with Gasteiger partial charge in [0.15, 0.2) is 0 Å². The molecule has 1 aliphatic heterocycles. The van der Waals surface area contributed by atoms with Gasteiger partial charge in [0, 0.05) is 25.4 Å². The molecule has 1 amide bonds. The van der Waals surface area contributed by atoms with Crippen LogP contribution in [-0.2, 0) is 11.2 Å². The Kier molecular flexibility index (Phi) is 8.72. The number of aliphatic hydroxyl groups excluding tert-OH is 2. The van der Waals surface area contributed by atoms with E-state index in [1.807, 2.05) is 17.0 Å². The van der Waals surface area contributed by atoms with Crippen molar-refractivity contribution in [3.63, 3.8) is 0 Å². The summed E-state index contributed by atoms with van der Waals surface area (Å²) in [7, 11) is 0. The fourth-order valence-corrected chi connectivity index (χ4v) is 6.70. The van der Waals surface area contributed by atoms with Gasteiger partial charge in [-0.1, -0.05) is 53.6 Å². The minimum atomic E-state index is -0.527. The van der Waals surface area contributed by atoms with Gasteiger partial charge in [-0.2, -0.15) is 11.8 Å². The predicted octanol–water partition coefficient (Wildman–Crippen LogP) is 4.53. The third-order valence-corrected chi connectivity index (χ3v) is 8.48. The van der Waals surface area contributed by atoms with Crippen LogP contribution in [0.5, 0.6) is 0 Å². The van der Waals surface area contributed by atoms with Crippen LogP contribution in [-0.4, -0.2) is 57.8 Å². The molecule has 1 saturated heterocycles. The van der Waals surface area contributed by atoms with E-state index in [0.717, 1.165) is 56.5 Å². The lowest BCUT2D eigenvalue weighted by Crippen LogP contribution is -2.36. The molecule has 0 unspecified atom stereocenters. The van der Waals surface area contributed by atoms with Gasteiger partial charge in [-0.15, -0.1) is 0 Å². The zero-order valence-electron chi connectivity index (χ0n) is 19.9. The number of nitrogens with zero attached hydrogens (tertiary/aromatic N) is 1. The van der Waals surface area contributed by atoms with Crippen molar-refractivity contribution in [2.75, 3.05) is 24.6 Å². The van der Waals surface area contributed by atoms with Crippen molar-refractivity contribution in [3.05, 3.63) is 59.2 Å². The van der Waals surface area contributed by atoms with Crippen molar-refractivity contribution >= 4 is 17.7 Å². The Labute approximate surface area is 203 Å². The lowest BCUT2D eigenvalue weighted by Gasteiger charge is -2.26. The molecule has 5 atom stereocenters. The highest BCUT2D eigenvalue weighted by Gasteiger charge is 2.43. The van der Waals surface area contributed by atoms with Crippen LogP contribution in [0.3, 0.4) is 0 Å². The SMILES string of the molecule is Cc1cccc(C[C@H](O)/C=C/[C@@H]2[C@H]3CC(CCSCC(=O)N4CCCCC4)=C[C@H]3C[C@H]2O)c1. The van der Waals surface area contributed by atoms with Gasteiger partial charge in [0.1, 0.15) is 0 Å². The summed E-state index contributed by atoms with van der Waals surface area (Å²) in [5.74, 6) is 2.89. The molecule has 4 rings (SSSR count). The van der Waals surface area contributed by atoms with E-state index < -0.39 is 6.10 Å². The standard InChI is InChI=1S/C28H39NO3S/c1-20-6-5-7-21(14-20)16-24(30)8-9-25-26-17-22(15-23(26)18-27(25)31)10-13-33-19-28(32)29-11-3-2-4-12-29/h5-9,14-15,23-27,30-31H,2-4,10-13,16-19H2,1H3/b9-8+/t23-,24+,25+,26-,27+/m0/s1. The first-order chi connectivity index (χ1) is 16.0. The molecular weight excluding hydrogens is 430 g/mol. The average molecular weight is 470 g/mol. The summed E-state index contributed by atoms with van der Waals surface area (Å²) in [4.78, 5) is 14.4. The second kappa shape index (κ2) is 11.7. The van der Waals surface area contributed by atoms with Crippen LogP contribution < -0.4 is 0 Å². The fourth-order valence-electron chi connectivity index (χ4n) is 5.79. The molecule has 0 radical (unpaired) electrons. The van der Waals surface area contributed by atoms with Crippen LogP contribution in [0.25, 0.3) is 0 Å². The van der Waals surface area contributed by atoms with E-state index in [1.165, 1.54) is 17.6 Å². The maximum absolute atomic E-state index is 12.3. The van der Waals surface area contributed by atoms with Gasteiger partial charge in [0.25, 0.3) is 0 Å². The molecule has 1 aromatic rings. The number of amides is 1. The minimum Gasteiger partial charge on any atom is -0.392 e. The number of aryl methyl sites for hydroxylation is 1. The molecule has 0 spiro atoms. The largest absolute Gasteiger partial charge is 0.392 e. The Morgan fingerprint density at radius 2 is 2.09 bits per heavy atom. The Balaban J connectivity index is 1.21. The maximum Gasteiger partial charge on any atom is 0.232 e. The normalized spacial score (nSPS) is 28.2. The van der Waals surface area contributed by atoms with Crippen LogP contribution in [0.15, 0.2) is 48.1 Å². The topological polar surface area (TPSA) is 60.8 Å². The Hall–Kier alpha value is -1.56. The number of hydrogen-bond donors (Lipinski definition) is 2. The van der Waals surface area contributed by atoms with Gasteiger partial charge in [-0.25, -0.2) is 0 Å². The molecule has 4 nitrogen and oxygen atoms in total. The number of likely N-dealkylation sites (tertiary alicyclic amines) is 1. The number of piperidine rings is 1. The number of carbonyl (C=O) groups excluding carboxylic acids is 1. The third kappa shape index (κ3) is 6.74. The van der Waals surface area contributed by atoms with Gasteiger partial charge < -0.3 is 15.1 Å². The summed E-state index contributed by atoms with van der Waals surface area (Å²) >= 11 is 1.76. The molecule has 33 heavy (non-hydrogen) atoms. The van der Waals surface area contributed by atoms with Crippen LogP contribution in [0, 0.1) is 24.7 Å². The minimum absolute atomic E-state index is 0.115. The lowest BCUT2D eigenvalue weighted by atomic mass is 9.88. The number of fused-ring (bicyclic) bond motifs is 1. The number of allylic oxidation sites excluding steroid dienone is 2. The highest BCUT2D eigenvalue weighted by atomic mass is 32.2. The second-order valence-corrected chi connectivity index (χ2v) is 11.2. The first kappa shape index (κ1) is 24.6. The van der Waals surface area contributed by atoms with Crippen molar-refractivity contribution in [1.82, 2.24) is 4.90 Å². The Bertz CT molecular complexity index is 860. The van der Waals surface area contributed by atoms with Gasteiger partial charge in [-0.3, -0.25) is 4.79 Å². The number of carbonyl (C=O) groups is 1. The molecule has 3 aliphatic rings. The smallest absolute Gasteiger partial charge is 0.232 e. The zero-order valence-corrected chi connectivity index (χ0v) is 20.7. The lowest BCUT2D eigenvalue weighted by molar-refractivity contribution is -0.129. The summed E-state index contributed by atoms with van der Waals surface area (Å²) < 4.78 is 0. The van der Waals surface area contributed by atoms with Gasteiger partial charge in [0.05, 0.1) is 18.0 Å². The van der Waals surface area contributed by atoms with Crippen molar-refractivity contribution in [2.24, 2.45) is 17.8 Å². The van der Waals surface area contributed by atoms with E-state index in [1.54, 1.807) is 11.8 Å². The molecule has 2 fully saturated rings. The molecule has 0 aromatic heterocycles. The first-order valence-electron chi connectivity index (χ1n) is 12.6. The van der Waals surface area contributed by atoms with Gasteiger partial charge in [0.2, 0.25) is 5.91 Å². The summed E-state index contributed by atoms with van der Waals surface area (Å²) in [6.07, 6.45) is 12.5. The van der Waals surface area contributed by atoms with Crippen LogP contribution >= 0.6 is 11.8 Å².